The van der Waals surface area contributed by atoms with E-state index >= 15 is 0 Å². The number of nitrogens with zero attached hydrogens (tertiary/aromatic N) is 1. The Kier molecular flexibility index (Phi) is 3.33. The summed E-state index contributed by atoms with van der Waals surface area (Å²) in [7, 11) is 0. The van der Waals surface area contributed by atoms with E-state index in [1.807, 2.05) is 0 Å². The van der Waals surface area contributed by atoms with Gasteiger partial charge in [0.1, 0.15) is 10.7 Å². The normalized spacial score (nSPS) is 12.6. The van der Waals surface area contributed by atoms with Crippen molar-refractivity contribution in [1.82, 2.24) is 4.98 Å². The van der Waals surface area contributed by atoms with E-state index in [0.29, 0.717) is 16.1 Å². The molecule has 0 fully saturated rings. The summed E-state index contributed by atoms with van der Waals surface area (Å²) in [4.78, 5) is 4.25. The van der Waals surface area contributed by atoms with Crippen LogP contribution in [0.4, 0.5) is 10.1 Å². The van der Waals surface area contributed by atoms with E-state index in [9.17, 15) is 0 Å². The van der Waals surface area contributed by atoms with Crippen LogP contribution in [0.2, 0.25) is 0 Å². The molecule has 0 saturated heterocycles. The maximum atomic E-state index is 5.87. The van der Waals surface area contributed by atoms with Crippen molar-refractivity contribution in [3.8, 4) is 11.3 Å². The smallest absolute Gasteiger partial charge is 0.182 e. The van der Waals surface area contributed by atoms with Gasteiger partial charge in [-0.2, -0.15) is 0 Å². The third-order valence-electron chi connectivity index (χ3n) is 3.04. The first-order valence-corrected chi connectivity index (χ1v) is 6.55. The molecule has 0 amide bonds. The number of anilines is 2. The van der Waals surface area contributed by atoms with E-state index in [1.165, 1.54) is 16.9 Å². The molecule has 17 heavy (non-hydrogen) atoms. The minimum atomic E-state index is 0.517. The molecule has 4 N–H and O–H groups in total. The lowest BCUT2D eigenvalue weighted by Gasteiger charge is -2.09. The van der Waals surface area contributed by atoms with Crippen LogP contribution in [0.15, 0.2) is 24.3 Å². The number of rotatable bonds is 3. The Morgan fingerprint density at radius 2 is 1.88 bits per heavy atom. The van der Waals surface area contributed by atoms with Crippen LogP contribution in [0.25, 0.3) is 11.3 Å². The molecule has 0 spiro atoms. The second-order valence-corrected chi connectivity index (χ2v) is 5.26. The van der Waals surface area contributed by atoms with Gasteiger partial charge in [-0.3, -0.25) is 0 Å². The van der Waals surface area contributed by atoms with Gasteiger partial charge in [-0.05, 0) is 17.9 Å². The largest absolute Gasteiger partial charge is 0.389 e. The highest BCUT2D eigenvalue weighted by Crippen LogP contribution is 2.32. The molecule has 1 aromatic carbocycles. The van der Waals surface area contributed by atoms with Gasteiger partial charge in [-0.15, -0.1) is 0 Å². The Bertz CT molecular complexity index is 502. The standard InChI is InChI=1S/C13H17N3S/c1-3-8(2)9-4-6-10(7-5-9)11-12(14)17-13(15)16-11/h4-8H,3,14H2,1-2H3,(H2,15,16). The monoisotopic (exact) mass is 247 g/mol. The molecular weight excluding hydrogens is 230 g/mol. The first kappa shape index (κ1) is 11.9. The third kappa shape index (κ3) is 2.42. The molecular formula is C13H17N3S. The Balaban J connectivity index is 2.32. The molecule has 1 aromatic heterocycles. The molecule has 2 rings (SSSR count). The van der Waals surface area contributed by atoms with Crippen molar-refractivity contribution in [2.45, 2.75) is 26.2 Å². The highest BCUT2D eigenvalue weighted by molar-refractivity contribution is 7.19. The lowest BCUT2D eigenvalue weighted by Crippen LogP contribution is -1.92. The van der Waals surface area contributed by atoms with E-state index in [1.54, 1.807) is 0 Å². The second kappa shape index (κ2) is 4.75. The van der Waals surface area contributed by atoms with Gasteiger partial charge in [0.25, 0.3) is 0 Å². The summed E-state index contributed by atoms with van der Waals surface area (Å²) < 4.78 is 0. The lowest BCUT2D eigenvalue weighted by atomic mass is 9.97. The molecule has 0 aliphatic carbocycles. The van der Waals surface area contributed by atoms with Gasteiger partial charge < -0.3 is 11.5 Å². The Morgan fingerprint density at radius 3 is 2.35 bits per heavy atom. The fourth-order valence-corrected chi connectivity index (χ4v) is 2.38. The first-order valence-electron chi connectivity index (χ1n) is 5.74. The summed E-state index contributed by atoms with van der Waals surface area (Å²) >= 11 is 1.32. The zero-order valence-electron chi connectivity index (χ0n) is 10.1. The summed E-state index contributed by atoms with van der Waals surface area (Å²) in [5, 5.41) is 1.20. The minimum Gasteiger partial charge on any atom is -0.389 e. The molecule has 0 aliphatic heterocycles. The highest BCUT2D eigenvalue weighted by Gasteiger charge is 2.09. The van der Waals surface area contributed by atoms with Crippen molar-refractivity contribution in [3.05, 3.63) is 29.8 Å². The van der Waals surface area contributed by atoms with Crippen molar-refractivity contribution in [1.29, 1.82) is 0 Å². The highest BCUT2D eigenvalue weighted by atomic mass is 32.1. The lowest BCUT2D eigenvalue weighted by molar-refractivity contribution is 0.734. The molecule has 1 heterocycles. The van der Waals surface area contributed by atoms with Crippen LogP contribution in [-0.4, -0.2) is 4.98 Å². The van der Waals surface area contributed by atoms with Gasteiger partial charge in [-0.25, -0.2) is 4.98 Å². The summed E-state index contributed by atoms with van der Waals surface area (Å²) in [5.41, 5.74) is 14.7. The van der Waals surface area contributed by atoms with Crippen LogP contribution < -0.4 is 11.5 Å². The average molecular weight is 247 g/mol. The van der Waals surface area contributed by atoms with Crippen LogP contribution >= 0.6 is 11.3 Å². The molecule has 3 nitrogen and oxygen atoms in total. The zero-order valence-corrected chi connectivity index (χ0v) is 10.9. The van der Waals surface area contributed by atoms with E-state index in [-0.39, 0.29) is 0 Å². The number of aromatic nitrogens is 1. The predicted molar refractivity (Wildman–Crippen MR) is 75.1 cm³/mol. The van der Waals surface area contributed by atoms with Crippen LogP contribution in [0, 0.1) is 0 Å². The maximum Gasteiger partial charge on any atom is 0.182 e. The van der Waals surface area contributed by atoms with Gasteiger partial charge in [0.05, 0.1) is 0 Å². The second-order valence-electron chi connectivity index (χ2n) is 4.20. The number of thiazole rings is 1. The molecule has 4 heteroatoms. The molecule has 0 saturated carbocycles. The van der Waals surface area contributed by atoms with E-state index in [4.69, 9.17) is 11.5 Å². The van der Waals surface area contributed by atoms with Crippen molar-refractivity contribution >= 4 is 21.5 Å². The van der Waals surface area contributed by atoms with Crippen molar-refractivity contribution < 1.29 is 0 Å². The van der Waals surface area contributed by atoms with E-state index in [2.05, 4.69) is 43.1 Å². The van der Waals surface area contributed by atoms with Crippen molar-refractivity contribution in [2.75, 3.05) is 11.5 Å². The molecule has 1 atom stereocenters. The maximum absolute atomic E-state index is 5.87. The van der Waals surface area contributed by atoms with Gasteiger partial charge in [0, 0.05) is 5.56 Å². The molecule has 0 radical (unpaired) electrons. The number of nitrogens with two attached hydrogens (primary N) is 2. The number of nitrogen functional groups attached to an aromatic ring is 2. The van der Waals surface area contributed by atoms with Crippen molar-refractivity contribution in [3.63, 3.8) is 0 Å². The number of benzene rings is 1. The molecule has 0 aliphatic rings. The minimum absolute atomic E-state index is 0.517. The number of hydrogen-bond acceptors (Lipinski definition) is 4. The zero-order chi connectivity index (χ0) is 12.4. The average Bonchev–Trinajstić information content (AvgIpc) is 2.68. The molecule has 2 aromatic rings. The van der Waals surface area contributed by atoms with E-state index < -0.39 is 0 Å². The van der Waals surface area contributed by atoms with Crippen molar-refractivity contribution in [2.24, 2.45) is 0 Å². The van der Waals surface area contributed by atoms with Gasteiger partial charge in [-0.1, -0.05) is 49.4 Å². The Hall–Kier alpha value is -1.55. The van der Waals surface area contributed by atoms with Crippen LogP contribution in [0.1, 0.15) is 31.7 Å². The quantitative estimate of drug-likeness (QED) is 0.872. The SMILES string of the molecule is CCC(C)c1ccc(-c2nc(N)sc2N)cc1. The van der Waals surface area contributed by atoms with Gasteiger partial charge >= 0.3 is 0 Å². The van der Waals surface area contributed by atoms with Gasteiger partial charge in [0.2, 0.25) is 0 Å². The summed E-state index contributed by atoms with van der Waals surface area (Å²) in [6, 6.07) is 8.40. The van der Waals surface area contributed by atoms with Crippen LogP contribution in [0.3, 0.4) is 0 Å². The third-order valence-corrected chi connectivity index (χ3v) is 3.75. The summed E-state index contributed by atoms with van der Waals surface area (Å²) in [5.74, 6) is 0.585. The summed E-state index contributed by atoms with van der Waals surface area (Å²) in [6.45, 7) is 4.42. The van der Waals surface area contributed by atoms with E-state index in [0.717, 1.165) is 17.7 Å². The fourth-order valence-electron chi connectivity index (χ4n) is 1.76. The summed E-state index contributed by atoms with van der Waals surface area (Å²) in [6.07, 6.45) is 1.14. The Morgan fingerprint density at radius 1 is 1.24 bits per heavy atom. The fraction of sp³-hybridized carbons (Fsp3) is 0.308. The Labute approximate surface area is 105 Å². The molecule has 0 bridgehead atoms. The first-order chi connectivity index (χ1) is 8.11. The predicted octanol–water partition coefficient (Wildman–Crippen LogP) is 3.49. The molecule has 1 unspecified atom stereocenters. The number of hydrogen-bond donors (Lipinski definition) is 2. The molecule has 90 valence electrons. The topological polar surface area (TPSA) is 64.9 Å². The van der Waals surface area contributed by atoms with Crippen LogP contribution in [-0.2, 0) is 0 Å². The van der Waals surface area contributed by atoms with Gasteiger partial charge in [0.15, 0.2) is 5.13 Å². The van der Waals surface area contributed by atoms with Crippen LogP contribution in [0.5, 0.6) is 0 Å².